The highest BCUT2D eigenvalue weighted by atomic mass is 35.5. The molecule has 0 unspecified atom stereocenters. The lowest BCUT2D eigenvalue weighted by Gasteiger charge is -2.19. The third kappa shape index (κ3) is 3.91. The van der Waals surface area contributed by atoms with Gasteiger partial charge in [0.25, 0.3) is 0 Å². The predicted molar refractivity (Wildman–Crippen MR) is 111 cm³/mol. The van der Waals surface area contributed by atoms with Crippen LogP contribution in [0.3, 0.4) is 0 Å². The van der Waals surface area contributed by atoms with Gasteiger partial charge in [-0.2, -0.15) is 9.78 Å². The number of rotatable bonds is 5. The van der Waals surface area contributed by atoms with Crippen molar-refractivity contribution < 1.29 is 8.78 Å². The number of aliphatic imine (C=N–C) groups is 1. The molecule has 1 aliphatic heterocycles. The molecule has 1 N–H and O–H groups in total. The maximum atomic E-state index is 12.7. The lowest BCUT2D eigenvalue weighted by Crippen LogP contribution is -2.28. The maximum Gasteiger partial charge on any atom is 0.239 e. The number of aryl methyl sites for hydroxylation is 1. The van der Waals surface area contributed by atoms with E-state index in [1.165, 1.54) is 0 Å². The molecule has 0 saturated carbocycles. The minimum Gasteiger partial charge on any atom is -0.329 e. The van der Waals surface area contributed by atoms with Crippen LogP contribution in [0.2, 0.25) is 5.02 Å². The Morgan fingerprint density at radius 2 is 1.93 bits per heavy atom. The van der Waals surface area contributed by atoms with E-state index in [-0.39, 0.29) is 12.8 Å². The monoisotopic (exact) mass is 413 g/mol. The van der Waals surface area contributed by atoms with Crippen LogP contribution in [0.1, 0.15) is 18.5 Å². The molecule has 0 spiro atoms. The number of amidine groups is 1. The number of benzene rings is 1. The molecule has 0 amide bonds. The van der Waals surface area contributed by atoms with Gasteiger partial charge in [-0.1, -0.05) is 36.4 Å². The van der Waals surface area contributed by atoms with Crippen LogP contribution in [0.25, 0.3) is 28.3 Å². The van der Waals surface area contributed by atoms with Crippen molar-refractivity contribution in [3.63, 3.8) is 0 Å². The molecular weight excluding hydrogens is 396 g/mol. The highest BCUT2D eigenvalue weighted by Gasteiger charge is 2.26. The summed E-state index contributed by atoms with van der Waals surface area (Å²) in [6, 6.07) is 13.0. The summed E-state index contributed by atoms with van der Waals surface area (Å²) in [6.07, 6.45) is -2.57. The van der Waals surface area contributed by atoms with E-state index in [1.54, 1.807) is 16.8 Å². The van der Waals surface area contributed by atoms with Crippen LogP contribution in [0.4, 0.5) is 14.6 Å². The summed E-state index contributed by atoms with van der Waals surface area (Å²) >= 11 is 6.06. The standard InChI is InChI=1S/C21H18ClF2N5/c1-12-4-3-5-16(25-12)20-19(14-6-8-15(22)9-7-14)21-27-18(11-10-17(23)24)26-13(2)29(21)28-20/h3-9,17H,2,10-11H2,1H3,(H,26,27). The Balaban J connectivity index is 1.91. The molecule has 0 atom stereocenters. The fourth-order valence-corrected chi connectivity index (χ4v) is 3.30. The fourth-order valence-electron chi connectivity index (χ4n) is 3.18. The van der Waals surface area contributed by atoms with E-state index in [2.05, 4.69) is 27.0 Å². The first-order valence-electron chi connectivity index (χ1n) is 9.07. The summed E-state index contributed by atoms with van der Waals surface area (Å²) in [5.41, 5.74) is 3.77. The first-order chi connectivity index (χ1) is 13.9. The number of nitrogens with one attached hydrogen (secondary N) is 1. The second kappa shape index (κ2) is 7.75. The molecule has 1 aliphatic rings. The Labute approximate surface area is 171 Å². The largest absolute Gasteiger partial charge is 0.329 e. The number of halogens is 3. The third-order valence-electron chi connectivity index (χ3n) is 4.51. The molecular formula is C21H18ClF2N5. The average molecular weight is 414 g/mol. The summed E-state index contributed by atoms with van der Waals surface area (Å²) in [6.45, 7) is 5.89. The van der Waals surface area contributed by atoms with Crippen molar-refractivity contribution in [2.24, 2.45) is 4.99 Å². The zero-order valence-electron chi connectivity index (χ0n) is 15.7. The van der Waals surface area contributed by atoms with Crippen molar-refractivity contribution >= 4 is 29.1 Å². The Kier molecular flexibility index (Phi) is 5.15. The van der Waals surface area contributed by atoms with E-state index < -0.39 is 6.43 Å². The number of alkyl halides is 2. The fraction of sp³-hybridized carbons (Fsp3) is 0.190. The van der Waals surface area contributed by atoms with Gasteiger partial charge in [-0.05, 0) is 36.8 Å². The van der Waals surface area contributed by atoms with Gasteiger partial charge < -0.3 is 5.32 Å². The molecule has 2 aromatic heterocycles. The maximum absolute atomic E-state index is 12.7. The topological polar surface area (TPSA) is 55.1 Å². The summed E-state index contributed by atoms with van der Waals surface area (Å²) in [7, 11) is 0. The number of hydrogen-bond donors (Lipinski definition) is 1. The van der Waals surface area contributed by atoms with Crippen LogP contribution in [-0.4, -0.2) is 27.0 Å². The van der Waals surface area contributed by atoms with Gasteiger partial charge in [-0.15, -0.1) is 0 Å². The van der Waals surface area contributed by atoms with Crippen LogP contribution < -0.4 is 5.32 Å². The highest BCUT2D eigenvalue weighted by molar-refractivity contribution is 6.30. The average Bonchev–Trinajstić information content (AvgIpc) is 3.07. The molecule has 3 aromatic rings. The third-order valence-corrected chi connectivity index (χ3v) is 4.76. The van der Waals surface area contributed by atoms with Gasteiger partial charge in [-0.3, -0.25) is 4.98 Å². The molecule has 3 heterocycles. The predicted octanol–water partition coefficient (Wildman–Crippen LogP) is 5.68. The highest BCUT2D eigenvalue weighted by Crippen LogP contribution is 2.41. The van der Waals surface area contributed by atoms with Crippen LogP contribution in [-0.2, 0) is 0 Å². The van der Waals surface area contributed by atoms with Gasteiger partial charge in [0.15, 0.2) is 5.82 Å². The molecule has 1 aromatic carbocycles. The number of nitrogens with zero attached hydrogens (tertiary/aromatic N) is 4. The van der Waals surface area contributed by atoms with Crippen LogP contribution in [0.5, 0.6) is 0 Å². The summed E-state index contributed by atoms with van der Waals surface area (Å²) < 4.78 is 26.9. The molecule has 29 heavy (non-hydrogen) atoms. The Morgan fingerprint density at radius 1 is 1.17 bits per heavy atom. The first-order valence-corrected chi connectivity index (χ1v) is 9.45. The molecule has 5 nitrogen and oxygen atoms in total. The molecule has 0 saturated heterocycles. The smallest absolute Gasteiger partial charge is 0.239 e. The molecule has 0 aliphatic carbocycles. The van der Waals surface area contributed by atoms with E-state index in [9.17, 15) is 8.78 Å². The van der Waals surface area contributed by atoms with E-state index in [4.69, 9.17) is 11.6 Å². The van der Waals surface area contributed by atoms with E-state index in [1.807, 2.05) is 37.3 Å². The minimum absolute atomic E-state index is 0.111. The molecule has 0 radical (unpaired) electrons. The Bertz CT molecular complexity index is 1100. The molecule has 148 valence electrons. The molecule has 4 rings (SSSR count). The summed E-state index contributed by atoms with van der Waals surface area (Å²) in [5, 5.41) is 8.26. The van der Waals surface area contributed by atoms with Gasteiger partial charge >= 0.3 is 0 Å². The second-order valence-corrected chi connectivity index (χ2v) is 7.13. The van der Waals surface area contributed by atoms with Gasteiger partial charge in [0, 0.05) is 23.6 Å². The van der Waals surface area contributed by atoms with Crippen molar-refractivity contribution in [3.05, 3.63) is 59.8 Å². The quantitative estimate of drug-likeness (QED) is 0.585. The number of pyridine rings is 1. The van der Waals surface area contributed by atoms with Crippen LogP contribution >= 0.6 is 11.6 Å². The van der Waals surface area contributed by atoms with E-state index in [0.29, 0.717) is 33.9 Å². The number of hydrogen-bond acceptors (Lipinski definition) is 4. The zero-order valence-corrected chi connectivity index (χ0v) is 16.4. The summed E-state index contributed by atoms with van der Waals surface area (Å²) in [4.78, 5) is 9.18. The van der Waals surface area contributed by atoms with Gasteiger partial charge in [0.05, 0.1) is 11.3 Å². The lowest BCUT2D eigenvalue weighted by atomic mass is 10.0. The molecule has 0 bridgehead atoms. The Morgan fingerprint density at radius 3 is 2.62 bits per heavy atom. The number of fused-ring (bicyclic) bond motifs is 1. The molecule has 8 heteroatoms. The van der Waals surface area contributed by atoms with Gasteiger partial charge in [0.1, 0.15) is 17.4 Å². The van der Waals surface area contributed by atoms with Crippen molar-refractivity contribution in [1.29, 1.82) is 0 Å². The minimum atomic E-state index is -2.40. The SMILES string of the molecule is C=C1NC(CCC(F)F)=Nc2c(-c3ccc(Cl)cc3)c(-c3cccc(C)n3)nn21. The van der Waals surface area contributed by atoms with E-state index >= 15 is 0 Å². The summed E-state index contributed by atoms with van der Waals surface area (Å²) in [5.74, 6) is 1.41. The van der Waals surface area contributed by atoms with Crippen LogP contribution in [0.15, 0.2) is 54.0 Å². The normalized spacial score (nSPS) is 13.3. The van der Waals surface area contributed by atoms with Crippen molar-refractivity contribution in [2.75, 3.05) is 0 Å². The van der Waals surface area contributed by atoms with Gasteiger partial charge in [-0.25, -0.2) is 13.8 Å². The van der Waals surface area contributed by atoms with Crippen molar-refractivity contribution in [1.82, 2.24) is 20.1 Å². The molecule has 0 fully saturated rings. The van der Waals surface area contributed by atoms with E-state index in [0.717, 1.165) is 16.8 Å². The Hall–Kier alpha value is -3.06. The number of aromatic nitrogens is 3. The van der Waals surface area contributed by atoms with Crippen molar-refractivity contribution in [2.45, 2.75) is 26.2 Å². The lowest BCUT2D eigenvalue weighted by molar-refractivity contribution is 0.140. The van der Waals surface area contributed by atoms with Crippen molar-refractivity contribution in [3.8, 4) is 22.5 Å². The zero-order chi connectivity index (χ0) is 20.5. The van der Waals surface area contributed by atoms with Gasteiger partial charge in [0.2, 0.25) is 6.43 Å². The van der Waals surface area contributed by atoms with Crippen LogP contribution in [0, 0.1) is 6.92 Å². The first kappa shape index (κ1) is 19.3. The second-order valence-electron chi connectivity index (χ2n) is 6.69.